The lowest BCUT2D eigenvalue weighted by Crippen LogP contribution is -2.25. The number of hydrogen-bond donors (Lipinski definition) is 2. The Morgan fingerprint density at radius 1 is 0.955 bits per heavy atom. The lowest BCUT2D eigenvalue weighted by Gasteiger charge is -2.22. The van der Waals surface area contributed by atoms with Gasteiger partial charge in [-0.3, -0.25) is 4.79 Å². The lowest BCUT2D eigenvalue weighted by molar-refractivity contribution is -0.115. The van der Waals surface area contributed by atoms with Gasteiger partial charge in [0.15, 0.2) is 0 Å². The summed E-state index contributed by atoms with van der Waals surface area (Å²) in [6, 6.07) is 15.0. The van der Waals surface area contributed by atoms with Crippen LogP contribution in [0.4, 0.5) is 11.4 Å². The van der Waals surface area contributed by atoms with Crippen molar-refractivity contribution in [2.45, 2.75) is 32.7 Å². The number of rotatable bonds is 4. The molecular weight excluding hydrogens is 296 g/mol. The summed E-state index contributed by atoms with van der Waals surface area (Å²) in [4.78, 5) is 12.0. The number of nitrogens with one attached hydrogen (secondary N) is 2. The third-order valence-corrected chi connectivity index (χ3v) is 3.22. The molecule has 3 nitrogen and oxygen atoms in total. The van der Waals surface area contributed by atoms with Crippen molar-refractivity contribution in [2.75, 3.05) is 10.6 Å². The second-order valence-corrected chi connectivity index (χ2v) is 6.74. The van der Waals surface area contributed by atoms with E-state index in [1.165, 1.54) is 0 Å². The molecule has 0 bridgehead atoms. The molecule has 0 unspecified atom stereocenters. The van der Waals surface area contributed by atoms with E-state index in [0.717, 1.165) is 16.9 Å². The van der Waals surface area contributed by atoms with Crippen LogP contribution in [0, 0.1) is 0 Å². The zero-order chi connectivity index (χ0) is 16.2. The fraction of sp³-hybridized carbons (Fsp3) is 0.278. The first kappa shape index (κ1) is 16.4. The molecule has 1 amide bonds. The first-order valence-corrected chi connectivity index (χ1v) is 7.62. The number of anilines is 2. The van der Waals surface area contributed by atoms with E-state index < -0.39 is 0 Å². The van der Waals surface area contributed by atoms with Gasteiger partial charge in [-0.05, 0) is 62.7 Å². The van der Waals surface area contributed by atoms with Crippen molar-refractivity contribution >= 4 is 28.9 Å². The highest BCUT2D eigenvalue weighted by Gasteiger charge is 2.09. The van der Waals surface area contributed by atoms with Crippen LogP contribution in [-0.4, -0.2) is 11.4 Å². The number of carbonyl (C=O) groups is 1. The van der Waals surface area contributed by atoms with Gasteiger partial charge < -0.3 is 10.6 Å². The van der Waals surface area contributed by atoms with Gasteiger partial charge in [0.25, 0.3) is 0 Å². The predicted molar refractivity (Wildman–Crippen MR) is 93.6 cm³/mol. The Morgan fingerprint density at radius 3 is 2.05 bits per heavy atom. The fourth-order valence-corrected chi connectivity index (χ4v) is 2.19. The molecule has 2 rings (SSSR count). The van der Waals surface area contributed by atoms with Crippen LogP contribution in [0.2, 0.25) is 5.02 Å². The van der Waals surface area contributed by atoms with E-state index in [2.05, 4.69) is 31.4 Å². The summed E-state index contributed by atoms with van der Waals surface area (Å²) < 4.78 is 0. The van der Waals surface area contributed by atoms with Crippen molar-refractivity contribution in [1.82, 2.24) is 0 Å². The molecule has 4 heteroatoms. The van der Waals surface area contributed by atoms with E-state index in [0.29, 0.717) is 11.4 Å². The second-order valence-electron chi connectivity index (χ2n) is 6.30. The summed E-state index contributed by atoms with van der Waals surface area (Å²) in [6.07, 6.45) is 0.333. The highest BCUT2D eigenvalue weighted by Crippen LogP contribution is 2.18. The average Bonchev–Trinajstić information content (AvgIpc) is 2.42. The van der Waals surface area contributed by atoms with E-state index in [1.807, 2.05) is 36.4 Å². The molecule has 0 aliphatic heterocycles. The van der Waals surface area contributed by atoms with Crippen LogP contribution < -0.4 is 10.6 Å². The Hall–Kier alpha value is -2.00. The Balaban J connectivity index is 1.93. The van der Waals surface area contributed by atoms with Gasteiger partial charge in [-0.15, -0.1) is 0 Å². The third kappa shape index (κ3) is 5.41. The minimum absolute atomic E-state index is 0.0132. The van der Waals surface area contributed by atoms with Crippen molar-refractivity contribution in [1.29, 1.82) is 0 Å². The standard InChI is InChI=1S/C18H21ClN2O/c1-18(2,3)21-16-10-8-15(9-11-16)20-17(22)12-13-4-6-14(19)7-5-13/h4-11,21H,12H2,1-3H3,(H,20,22). The Bertz CT molecular complexity index is 628. The van der Waals surface area contributed by atoms with Crippen molar-refractivity contribution in [2.24, 2.45) is 0 Å². The maximum atomic E-state index is 12.0. The molecule has 116 valence electrons. The summed E-state index contributed by atoms with van der Waals surface area (Å²) in [5, 5.41) is 6.95. The molecule has 0 aromatic heterocycles. The van der Waals surface area contributed by atoms with Gasteiger partial charge in [0.05, 0.1) is 6.42 Å². The molecule has 0 spiro atoms. The molecule has 2 aromatic carbocycles. The van der Waals surface area contributed by atoms with Crippen LogP contribution in [0.3, 0.4) is 0 Å². The van der Waals surface area contributed by atoms with E-state index >= 15 is 0 Å². The normalized spacial score (nSPS) is 11.1. The zero-order valence-corrected chi connectivity index (χ0v) is 13.9. The number of hydrogen-bond acceptors (Lipinski definition) is 2. The summed E-state index contributed by atoms with van der Waals surface area (Å²) >= 11 is 5.83. The first-order valence-electron chi connectivity index (χ1n) is 7.24. The monoisotopic (exact) mass is 316 g/mol. The zero-order valence-electron chi connectivity index (χ0n) is 13.1. The number of amides is 1. The molecule has 0 saturated carbocycles. The molecule has 0 fully saturated rings. The van der Waals surface area contributed by atoms with Gasteiger partial charge in [0, 0.05) is 21.9 Å². The molecule has 0 atom stereocenters. The highest BCUT2D eigenvalue weighted by molar-refractivity contribution is 6.30. The quantitative estimate of drug-likeness (QED) is 0.856. The molecule has 0 aliphatic rings. The van der Waals surface area contributed by atoms with Crippen molar-refractivity contribution in [3.63, 3.8) is 0 Å². The number of benzene rings is 2. The molecule has 22 heavy (non-hydrogen) atoms. The van der Waals surface area contributed by atoms with Crippen LogP contribution >= 0.6 is 11.6 Å². The Labute approximate surface area is 136 Å². The maximum absolute atomic E-state index is 12.0. The van der Waals surface area contributed by atoms with Crippen molar-refractivity contribution < 1.29 is 4.79 Å². The van der Waals surface area contributed by atoms with E-state index in [9.17, 15) is 4.79 Å². The molecule has 2 N–H and O–H groups in total. The van der Waals surface area contributed by atoms with Gasteiger partial charge in [0.2, 0.25) is 5.91 Å². The summed E-state index contributed by atoms with van der Waals surface area (Å²) in [5.74, 6) is -0.0427. The van der Waals surface area contributed by atoms with Gasteiger partial charge in [-0.25, -0.2) is 0 Å². The van der Waals surface area contributed by atoms with E-state index in [4.69, 9.17) is 11.6 Å². The van der Waals surface area contributed by atoms with Gasteiger partial charge >= 0.3 is 0 Å². The van der Waals surface area contributed by atoms with Gasteiger partial charge in [0.1, 0.15) is 0 Å². The van der Waals surface area contributed by atoms with Crippen LogP contribution in [0.25, 0.3) is 0 Å². The number of carbonyl (C=O) groups excluding carboxylic acids is 1. The first-order chi connectivity index (χ1) is 10.3. The average molecular weight is 317 g/mol. The van der Waals surface area contributed by atoms with E-state index in [1.54, 1.807) is 12.1 Å². The van der Waals surface area contributed by atoms with Crippen LogP contribution in [0.15, 0.2) is 48.5 Å². The van der Waals surface area contributed by atoms with Crippen LogP contribution in [0.5, 0.6) is 0 Å². The fourth-order valence-electron chi connectivity index (χ4n) is 2.06. The molecule has 0 heterocycles. The maximum Gasteiger partial charge on any atom is 0.228 e. The SMILES string of the molecule is CC(C)(C)Nc1ccc(NC(=O)Cc2ccc(Cl)cc2)cc1. The lowest BCUT2D eigenvalue weighted by atomic mass is 10.1. The predicted octanol–water partition coefficient (Wildman–Crippen LogP) is 4.73. The van der Waals surface area contributed by atoms with Crippen molar-refractivity contribution in [3.8, 4) is 0 Å². The minimum Gasteiger partial charge on any atom is -0.380 e. The Morgan fingerprint density at radius 2 is 1.50 bits per heavy atom. The minimum atomic E-state index is -0.0427. The molecule has 0 aliphatic carbocycles. The molecule has 0 saturated heterocycles. The topological polar surface area (TPSA) is 41.1 Å². The second kappa shape index (κ2) is 6.84. The number of halogens is 1. The van der Waals surface area contributed by atoms with E-state index in [-0.39, 0.29) is 11.4 Å². The summed E-state index contributed by atoms with van der Waals surface area (Å²) in [5.41, 5.74) is 2.77. The summed E-state index contributed by atoms with van der Waals surface area (Å²) in [7, 11) is 0. The van der Waals surface area contributed by atoms with Crippen LogP contribution in [-0.2, 0) is 11.2 Å². The molecular formula is C18H21ClN2O. The largest absolute Gasteiger partial charge is 0.380 e. The van der Waals surface area contributed by atoms with Crippen LogP contribution in [0.1, 0.15) is 26.3 Å². The third-order valence-electron chi connectivity index (χ3n) is 2.97. The molecule has 0 radical (unpaired) electrons. The highest BCUT2D eigenvalue weighted by atomic mass is 35.5. The Kier molecular flexibility index (Phi) is 5.09. The summed E-state index contributed by atoms with van der Waals surface area (Å²) in [6.45, 7) is 6.32. The molecule has 2 aromatic rings. The van der Waals surface area contributed by atoms with Gasteiger partial charge in [-0.1, -0.05) is 23.7 Å². The van der Waals surface area contributed by atoms with Crippen molar-refractivity contribution in [3.05, 3.63) is 59.1 Å². The van der Waals surface area contributed by atoms with Gasteiger partial charge in [-0.2, -0.15) is 0 Å². The smallest absolute Gasteiger partial charge is 0.228 e.